The fourth-order valence-corrected chi connectivity index (χ4v) is 1.14. The lowest BCUT2D eigenvalue weighted by molar-refractivity contribution is -0.198. The van der Waals surface area contributed by atoms with E-state index in [2.05, 4.69) is 6.58 Å². The maximum absolute atomic E-state index is 11.4. The third kappa shape index (κ3) is 9.40. The minimum absolute atomic E-state index is 0.101. The molecule has 0 bridgehead atoms. The third-order valence-corrected chi connectivity index (χ3v) is 2.01. The van der Waals surface area contributed by atoms with Crippen molar-refractivity contribution < 1.29 is 38.2 Å². The number of carbonyl (C=O) groups is 5. The van der Waals surface area contributed by atoms with E-state index in [9.17, 15) is 24.0 Å². The van der Waals surface area contributed by atoms with Crippen molar-refractivity contribution in [1.29, 1.82) is 0 Å². The summed E-state index contributed by atoms with van der Waals surface area (Å²) in [5, 5.41) is 0. The first-order valence-electron chi connectivity index (χ1n) is 6.32. The summed E-state index contributed by atoms with van der Waals surface area (Å²) in [6, 6.07) is 0. The Bertz CT molecular complexity index is 461. The van der Waals surface area contributed by atoms with Gasteiger partial charge >= 0.3 is 17.9 Å². The molecule has 0 saturated heterocycles. The van der Waals surface area contributed by atoms with E-state index in [1.54, 1.807) is 0 Å². The van der Waals surface area contributed by atoms with Crippen LogP contribution in [0.5, 0.6) is 0 Å². The quantitative estimate of drug-likeness (QED) is 0.261. The molecular formula is C14H18O8. The molecule has 8 heteroatoms. The van der Waals surface area contributed by atoms with Gasteiger partial charge in [0.2, 0.25) is 0 Å². The van der Waals surface area contributed by atoms with Gasteiger partial charge in [-0.05, 0) is 20.8 Å². The number of esters is 3. The number of ether oxygens (including phenoxy) is 3. The van der Waals surface area contributed by atoms with Crippen LogP contribution in [-0.2, 0) is 38.2 Å². The van der Waals surface area contributed by atoms with Crippen LogP contribution >= 0.6 is 0 Å². The lowest BCUT2D eigenvalue weighted by atomic mass is 10.3. The van der Waals surface area contributed by atoms with Crippen LogP contribution in [0.4, 0.5) is 0 Å². The average molecular weight is 314 g/mol. The molecule has 0 aromatic rings. The summed E-state index contributed by atoms with van der Waals surface area (Å²) in [6.45, 7) is 6.55. The Morgan fingerprint density at radius 3 is 1.59 bits per heavy atom. The summed E-state index contributed by atoms with van der Waals surface area (Å²) in [7, 11) is 0. The van der Waals surface area contributed by atoms with Gasteiger partial charge in [0.1, 0.15) is 24.4 Å². The Labute approximate surface area is 127 Å². The predicted octanol–water partition coefficient (Wildman–Crippen LogP) is 0.476. The Kier molecular flexibility index (Phi) is 8.35. The first-order valence-corrected chi connectivity index (χ1v) is 6.32. The molecule has 0 aliphatic carbocycles. The molecular weight excluding hydrogens is 296 g/mol. The van der Waals surface area contributed by atoms with Gasteiger partial charge in [0.25, 0.3) is 6.29 Å². The average Bonchev–Trinajstić information content (AvgIpc) is 2.32. The first-order chi connectivity index (χ1) is 10.1. The topological polar surface area (TPSA) is 113 Å². The molecule has 8 nitrogen and oxygen atoms in total. The number of Topliss-reactive ketones (excluding diaryl/α,β-unsaturated/α-hetero) is 2. The normalized spacial score (nSPS) is 9.82. The van der Waals surface area contributed by atoms with Gasteiger partial charge in [0.05, 0.1) is 0 Å². The zero-order valence-corrected chi connectivity index (χ0v) is 12.7. The molecule has 0 rings (SSSR count). The molecule has 22 heavy (non-hydrogen) atoms. The molecule has 0 saturated carbocycles. The Morgan fingerprint density at radius 1 is 0.864 bits per heavy atom. The van der Waals surface area contributed by atoms with Crippen molar-refractivity contribution in [2.75, 3.05) is 6.61 Å². The van der Waals surface area contributed by atoms with Crippen molar-refractivity contribution in [1.82, 2.24) is 0 Å². The molecule has 0 amide bonds. The summed E-state index contributed by atoms with van der Waals surface area (Å²) in [5.41, 5.74) is 0.101. The molecule has 0 aromatic heterocycles. The van der Waals surface area contributed by atoms with E-state index in [4.69, 9.17) is 14.2 Å². The van der Waals surface area contributed by atoms with E-state index in [1.165, 1.54) is 20.8 Å². The number of carbonyl (C=O) groups excluding carboxylic acids is 5. The van der Waals surface area contributed by atoms with Crippen LogP contribution in [-0.4, -0.2) is 42.4 Å². The Morgan fingerprint density at radius 2 is 1.27 bits per heavy atom. The zero-order valence-electron chi connectivity index (χ0n) is 12.7. The highest BCUT2D eigenvalue weighted by Crippen LogP contribution is 2.04. The SMILES string of the molecule is C=C(C)C(=O)OCC(OC(=O)CC(C)=O)OC(=O)CC(C)=O. The fraction of sp³-hybridized carbons (Fsp3) is 0.500. The van der Waals surface area contributed by atoms with Crippen LogP contribution in [0.3, 0.4) is 0 Å². The standard InChI is InChI=1S/C14H18O8/c1-8(2)14(19)20-7-13(21-11(17)5-9(3)15)22-12(18)6-10(4)16/h13H,1,5-7H2,2-4H3. The van der Waals surface area contributed by atoms with Crippen LogP contribution in [0.15, 0.2) is 12.2 Å². The van der Waals surface area contributed by atoms with Gasteiger partial charge in [0.15, 0.2) is 6.61 Å². The van der Waals surface area contributed by atoms with Gasteiger partial charge in [-0.3, -0.25) is 19.2 Å². The van der Waals surface area contributed by atoms with Crippen LogP contribution in [0, 0.1) is 0 Å². The highest BCUT2D eigenvalue weighted by atomic mass is 16.7. The van der Waals surface area contributed by atoms with E-state index in [0.29, 0.717) is 0 Å². The summed E-state index contributed by atoms with van der Waals surface area (Å²) >= 11 is 0. The van der Waals surface area contributed by atoms with Crippen LogP contribution in [0.1, 0.15) is 33.6 Å². The molecule has 0 heterocycles. The first kappa shape index (κ1) is 19.5. The fourth-order valence-electron chi connectivity index (χ4n) is 1.14. The lowest BCUT2D eigenvalue weighted by Gasteiger charge is -2.17. The van der Waals surface area contributed by atoms with Gasteiger partial charge in [-0.15, -0.1) is 0 Å². The minimum Gasteiger partial charge on any atom is -0.454 e. The number of rotatable bonds is 9. The number of hydrogen-bond acceptors (Lipinski definition) is 8. The molecule has 0 aliphatic heterocycles. The van der Waals surface area contributed by atoms with Crippen molar-refractivity contribution in [3.8, 4) is 0 Å². The Hall–Kier alpha value is -2.51. The van der Waals surface area contributed by atoms with Crippen molar-refractivity contribution in [2.24, 2.45) is 0 Å². The molecule has 0 fully saturated rings. The number of hydrogen-bond donors (Lipinski definition) is 0. The molecule has 0 aromatic carbocycles. The highest BCUT2D eigenvalue weighted by Gasteiger charge is 2.22. The molecule has 0 aliphatic rings. The van der Waals surface area contributed by atoms with Crippen LogP contribution < -0.4 is 0 Å². The zero-order chi connectivity index (χ0) is 17.3. The number of ketones is 2. The summed E-state index contributed by atoms with van der Waals surface area (Å²) < 4.78 is 14.2. The molecule has 0 atom stereocenters. The van der Waals surface area contributed by atoms with Crippen LogP contribution in [0.25, 0.3) is 0 Å². The third-order valence-electron chi connectivity index (χ3n) is 2.01. The predicted molar refractivity (Wildman–Crippen MR) is 72.3 cm³/mol. The van der Waals surface area contributed by atoms with E-state index in [0.717, 1.165) is 0 Å². The van der Waals surface area contributed by atoms with Gasteiger partial charge < -0.3 is 14.2 Å². The molecule has 0 radical (unpaired) electrons. The second kappa shape index (κ2) is 9.43. The second-order valence-corrected chi connectivity index (χ2v) is 4.55. The van der Waals surface area contributed by atoms with E-state index in [1.807, 2.05) is 0 Å². The summed E-state index contributed by atoms with van der Waals surface area (Å²) in [6.07, 6.45) is -2.58. The smallest absolute Gasteiger partial charge is 0.333 e. The van der Waals surface area contributed by atoms with E-state index >= 15 is 0 Å². The molecule has 0 spiro atoms. The largest absolute Gasteiger partial charge is 0.454 e. The van der Waals surface area contributed by atoms with E-state index < -0.39 is 55.2 Å². The molecule has 122 valence electrons. The monoisotopic (exact) mass is 314 g/mol. The molecule has 0 unspecified atom stereocenters. The van der Waals surface area contributed by atoms with Crippen molar-refractivity contribution >= 4 is 29.5 Å². The van der Waals surface area contributed by atoms with Crippen molar-refractivity contribution in [3.63, 3.8) is 0 Å². The lowest BCUT2D eigenvalue weighted by Crippen LogP contribution is -2.31. The van der Waals surface area contributed by atoms with Crippen molar-refractivity contribution in [3.05, 3.63) is 12.2 Å². The Balaban J connectivity index is 4.67. The van der Waals surface area contributed by atoms with Crippen LogP contribution in [0.2, 0.25) is 0 Å². The van der Waals surface area contributed by atoms with Gasteiger partial charge in [-0.25, -0.2) is 4.79 Å². The highest BCUT2D eigenvalue weighted by molar-refractivity contribution is 5.95. The maximum Gasteiger partial charge on any atom is 0.333 e. The van der Waals surface area contributed by atoms with E-state index in [-0.39, 0.29) is 5.57 Å². The summed E-state index contributed by atoms with van der Waals surface area (Å²) in [5.74, 6) is -3.55. The van der Waals surface area contributed by atoms with Crippen molar-refractivity contribution in [2.45, 2.75) is 39.9 Å². The minimum atomic E-state index is -1.54. The van der Waals surface area contributed by atoms with Gasteiger partial charge in [0, 0.05) is 5.57 Å². The second-order valence-electron chi connectivity index (χ2n) is 4.55. The maximum atomic E-state index is 11.4. The summed E-state index contributed by atoms with van der Waals surface area (Å²) in [4.78, 5) is 55.7. The van der Waals surface area contributed by atoms with Gasteiger partial charge in [-0.1, -0.05) is 6.58 Å². The molecule has 0 N–H and O–H groups in total. The van der Waals surface area contributed by atoms with Gasteiger partial charge in [-0.2, -0.15) is 0 Å².